The van der Waals surface area contributed by atoms with Crippen molar-refractivity contribution in [2.24, 2.45) is 0 Å². The van der Waals surface area contributed by atoms with Crippen molar-refractivity contribution in [2.75, 3.05) is 19.8 Å². The first-order valence-electron chi connectivity index (χ1n) is 6.98. The van der Waals surface area contributed by atoms with Gasteiger partial charge in [0.1, 0.15) is 13.2 Å². The van der Waals surface area contributed by atoms with Crippen LogP contribution in [0.5, 0.6) is 0 Å². The molecule has 0 bridgehead atoms. The summed E-state index contributed by atoms with van der Waals surface area (Å²) < 4.78 is 14.9. The number of carbonyl (C=O) groups is 3. The van der Waals surface area contributed by atoms with Crippen LogP contribution in [-0.4, -0.2) is 48.4 Å². The lowest BCUT2D eigenvalue weighted by Gasteiger charge is -2.29. The van der Waals surface area contributed by atoms with Crippen molar-refractivity contribution in [2.45, 2.75) is 26.4 Å². The summed E-state index contributed by atoms with van der Waals surface area (Å²) in [5.41, 5.74) is -1.68. The molecule has 0 saturated carbocycles. The van der Waals surface area contributed by atoms with Gasteiger partial charge in [-0.1, -0.05) is 18.2 Å². The zero-order valence-corrected chi connectivity index (χ0v) is 13.5. The molecule has 0 spiro atoms. The molecule has 0 aliphatic rings. The minimum Gasteiger partial charge on any atom is -0.458 e. The molecule has 0 aliphatic carbocycles. The second-order valence-electron chi connectivity index (χ2n) is 4.48. The Morgan fingerprint density at radius 3 is 1.57 bits per heavy atom. The Labute approximate surface area is 135 Å². The van der Waals surface area contributed by atoms with Crippen LogP contribution in [0.25, 0.3) is 0 Å². The van der Waals surface area contributed by atoms with E-state index in [4.69, 9.17) is 14.2 Å². The molecule has 7 heteroatoms. The Balaban J connectivity index is 5.07. The largest absolute Gasteiger partial charge is 0.458 e. The molecule has 0 heterocycles. The lowest BCUT2D eigenvalue weighted by Crippen LogP contribution is -2.48. The number of allylic oxidation sites excluding steroid dienone is 3. The van der Waals surface area contributed by atoms with Gasteiger partial charge in [-0.15, -0.1) is 0 Å². The Morgan fingerprint density at radius 2 is 1.22 bits per heavy atom. The van der Waals surface area contributed by atoms with Gasteiger partial charge < -0.3 is 19.3 Å². The third-order valence-electron chi connectivity index (χ3n) is 2.47. The fraction of sp³-hybridized carbons (Fsp3) is 0.438. The molecule has 0 radical (unpaired) electrons. The summed E-state index contributed by atoms with van der Waals surface area (Å²) in [5, 5.41) is 9.56. The van der Waals surface area contributed by atoms with E-state index in [2.05, 4.69) is 0 Å². The summed E-state index contributed by atoms with van der Waals surface area (Å²) >= 11 is 0. The SMILES string of the molecule is C/C=C\C(=O)OCC(CO)(COC(=O)/C=C\C)OC(=O)/C=C\C. The molecule has 0 rings (SSSR count). The van der Waals surface area contributed by atoms with Crippen LogP contribution in [-0.2, 0) is 28.6 Å². The minimum atomic E-state index is -1.68. The molecule has 0 unspecified atom stereocenters. The number of ether oxygens (including phenoxy) is 3. The Bertz CT molecular complexity index is 461. The van der Waals surface area contributed by atoms with Gasteiger partial charge in [0.05, 0.1) is 6.61 Å². The zero-order chi connectivity index (χ0) is 17.7. The second kappa shape index (κ2) is 11.2. The molecule has 0 aliphatic heterocycles. The van der Waals surface area contributed by atoms with Gasteiger partial charge in [0.15, 0.2) is 0 Å². The monoisotopic (exact) mass is 326 g/mol. The fourth-order valence-corrected chi connectivity index (χ4v) is 1.38. The van der Waals surface area contributed by atoms with E-state index in [1.54, 1.807) is 20.8 Å². The van der Waals surface area contributed by atoms with E-state index in [9.17, 15) is 19.5 Å². The average Bonchev–Trinajstić information content (AvgIpc) is 2.51. The molecule has 0 aromatic rings. The van der Waals surface area contributed by atoms with Gasteiger partial charge in [-0.25, -0.2) is 14.4 Å². The van der Waals surface area contributed by atoms with Gasteiger partial charge in [0.2, 0.25) is 5.60 Å². The molecule has 0 amide bonds. The van der Waals surface area contributed by atoms with E-state index in [1.165, 1.54) is 30.4 Å². The average molecular weight is 326 g/mol. The molecular formula is C16H22O7. The van der Waals surface area contributed by atoms with Crippen molar-refractivity contribution in [1.82, 2.24) is 0 Å². The summed E-state index contributed by atoms with van der Waals surface area (Å²) in [4.78, 5) is 34.4. The molecule has 7 nitrogen and oxygen atoms in total. The number of aliphatic hydroxyl groups excluding tert-OH is 1. The first kappa shape index (κ1) is 20.6. The Kier molecular flexibility index (Phi) is 10.0. The van der Waals surface area contributed by atoms with Crippen molar-refractivity contribution in [3.05, 3.63) is 36.5 Å². The first-order chi connectivity index (χ1) is 10.9. The van der Waals surface area contributed by atoms with Crippen molar-refractivity contribution < 1.29 is 33.7 Å². The summed E-state index contributed by atoms with van der Waals surface area (Å²) in [6.07, 6.45) is 7.86. The quantitative estimate of drug-likeness (QED) is 0.384. The van der Waals surface area contributed by atoms with E-state index >= 15 is 0 Å². The van der Waals surface area contributed by atoms with Crippen molar-refractivity contribution in [3.8, 4) is 0 Å². The number of carbonyl (C=O) groups excluding carboxylic acids is 3. The van der Waals surface area contributed by atoms with Crippen LogP contribution in [0.4, 0.5) is 0 Å². The molecule has 23 heavy (non-hydrogen) atoms. The molecule has 128 valence electrons. The summed E-state index contributed by atoms with van der Waals surface area (Å²) in [6, 6.07) is 0. The summed E-state index contributed by atoms with van der Waals surface area (Å²) in [5.74, 6) is -2.11. The second-order valence-corrected chi connectivity index (χ2v) is 4.48. The maximum atomic E-state index is 11.6. The number of rotatable bonds is 9. The number of esters is 3. The smallest absolute Gasteiger partial charge is 0.331 e. The Hall–Kier alpha value is -2.41. The van der Waals surface area contributed by atoms with Gasteiger partial charge in [-0.05, 0) is 20.8 Å². The maximum Gasteiger partial charge on any atom is 0.331 e. The van der Waals surface area contributed by atoms with Crippen LogP contribution in [0.3, 0.4) is 0 Å². The fourth-order valence-electron chi connectivity index (χ4n) is 1.38. The number of hydrogen-bond donors (Lipinski definition) is 1. The maximum absolute atomic E-state index is 11.6. The van der Waals surface area contributed by atoms with Crippen LogP contribution in [0.15, 0.2) is 36.5 Å². The Morgan fingerprint density at radius 1 is 0.826 bits per heavy atom. The van der Waals surface area contributed by atoms with E-state index < -0.39 is 43.3 Å². The molecular weight excluding hydrogens is 304 g/mol. The number of aliphatic hydroxyl groups is 1. The van der Waals surface area contributed by atoms with Crippen LogP contribution < -0.4 is 0 Å². The summed E-state index contributed by atoms with van der Waals surface area (Å²) in [6.45, 7) is 3.26. The van der Waals surface area contributed by atoms with Crippen LogP contribution in [0.2, 0.25) is 0 Å². The van der Waals surface area contributed by atoms with E-state index in [-0.39, 0.29) is 0 Å². The van der Waals surface area contributed by atoms with Crippen molar-refractivity contribution in [1.29, 1.82) is 0 Å². The highest BCUT2D eigenvalue weighted by Gasteiger charge is 2.37. The highest BCUT2D eigenvalue weighted by Crippen LogP contribution is 2.14. The molecule has 0 aromatic carbocycles. The van der Waals surface area contributed by atoms with Gasteiger partial charge in [-0.3, -0.25) is 0 Å². The predicted octanol–water partition coefficient (Wildman–Crippen LogP) is 1.08. The highest BCUT2D eigenvalue weighted by molar-refractivity contribution is 5.83. The minimum absolute atomic E-state index is 0.459. The lowest BCUT2D eigenvalue weighted by atomic mass is 10.1. The van der Waals surface area contributed by atoms with Crippen LogP contribution in [0, 0.1) is 0 Å². The normalized spacial score (nSPS) is 12.0. The topological polar surface area (TPSA) is 99.1 Å². The van der Waals surface area contributed by atoms with Gasteiger partial charge in [0, 0.05) is 18.2 Å². The van der Waals surface area contributed by atoms with Crippen LogP contribution in [0.1, 0.15) is 20.8 Å². The summed E-state index contributed by atoms with van der Waals surface area (Å²) in [7, 11) is 0. The van der Waals surface area contributed by atoms with E-state index in [0.717, 1.165) is 6.08 Å². The molecule has 0 atom stereocenters. The molecule has 1 N–H and O–H groups in total. The molecule has 0 saturated heterocycles. The van der Waals surface area contributed by atoms with E-state index in [1.807, 2.05) is 0 Å². The van der Waals surface area contributed by atoms with Crippen molar-refractivity contribution in [3.63, 3.8) is 0 Å². The van der Waals surface area contributed by atoms with Gasteiger partial charge in [-0.2, -0.15) is 0 Å². The third kappa shape index (κ3) is 8.57. The third-order valence-corrected chi connectivity index (χ3v) is 2.47. The molecule has 0 fully saturated rings. The van der Waals surface area contributed by atoms with Crippen molar-refractivity contribution >= 4 is 17.9 Å². The number of hydrogen-bond acceptors (Lipinski definition) is 7. The lowest BCUT2D eigenvalue weighted by molar-refractivity contribution is -0.184. The van der Waals surface area contributed by atoms with Crippen LogP contribution >= 0.6 is 0 Å². The van der Waals surface area contributed by atoms with Gasteiger partial charge >= 0.3 is 17.9 Å². The van der Waals surface area contributed by atoms with E-state index in [0.29, 0.717) is 0 Å². The predicted molar refractivity (Wildman–Crippen MR) is 82.3 cm³/mol. The molecule has 0 aromatic heterocycles. The standard InChI is InChI=1S/C16H22O7/c1-4-7-13(18)21-11-16(10-17,23-15(20)9-6-3)12-22-14(19)8-5-2/h4-9,17H,10-12H2,1-3H3/b7-4-,8-5-,9-6-. The zero-order valence-electron chi connectivity index (χ0n) is 13.5. The van der Waals surface area contributed by atoms with Gasteiger partial charge in [0.25, 0.3) is 0 Å². The first-order valence-corrected chi connectivity index (χ1v) is 6.98. The highest BCUT2D eigenvalue weighted by atomic mass is 16.6.